The molecule has 1 aliphatic rings. The number of benzene rings is 2. The summed E-state index contributed by atoms with van der Waals surface area (Å²) in [4.78, 5) is 14.8. The van der Waals surface area contributed by atoms with Crippen LogP contribution in [-0.2, 0) is 0 Å². The van der Waals surface area contributed by atoms with Gasteiger partial charge in [0.25, 0.3) is 5.91 Å². The highest BCUT2D eigenvalue weighted by Gasteiger charge is 2.28. The van der Waals surface area contributed by atoms with E-state index in [2.05, 4.69) is 10.2 Å². The van der Waals surface area contributed by atoms with Crippen molar-refractivity contribution >= 4 is 17.2 Å². The van der Waals surface area contributed by atoms with Gasteiger partial charge in [0.15, 0.2) is 5.01 Å². The zero-order valence-corrected chi connectivity index (χ0v) is 15.9. The minimum Gasteiger partial charge on any atom is -0.338 e. The van der Waals surface area contributed by atoms with Crippen molar-refractivity contribution in [2.45, 2.75) is 25.7 Å². The van der Waals surface area contributed by atoms with Crippen LogP contribution in [0.1, 0.15) is 39.7 Å². The number of halogens is 1. The molecule has 1 saturated heterocycles. The van der Waals surface area contributed by atoms with E-state index in [0.29, 0.717) is 17.1 Å². The van der Waals surface area contributed by atoms with E-state index < -0.39 is 0 Å². The average Bonchev–Trinajstić information content (AvgIpc) is 3.18. The lowest BCUT2D eigenvalue weighted by atomic mass is 9.97. The van der Waals surface area contributed by atoms with Gasteiger partial charge in [0.1, 0.15) is 10.8 Å². The molecule has 27 heavy (non-hydrogen) atoms. The summed E-state index contributed by atoms with van der Waals surface area (Å²) in [7, 11) is 0. The molecule has 0 radical (unpaired) electrons. The Morgan fingerprint density at radius 3 is 2.74 bits per heavy atom. The number of carbonyl (C=O) groups excluding carboxylic acids is 1. The van der Waals surface area contributed by atoms with E-state index in [-0.39, 0.29) is 17.6 Å². The number of amides is 1. The third-order valence-electron chi connectivity index (χ3n) is 4.98. The first-order valence-electron chi connectivity index (χ1n) is 9.06. The molecule has 3 aromatic rings. The van der Waals surface area contributed by atoms with Gasteiger partial charge in [0, 0.05) is 30.1 Å². The Morgan fingerprint density at radius 2 is 1.93 bits per heavy atom. The van der Waals surface area contributed by atoms with E-state index in [4.69, 9.17) is 0 Å². The highest BCUT2D eigenvalue weighted by molar-refractivity contribution is 7.14. The number of hydrogen-bond acceptors (Lipinski definition) is 4. The van der Waals surface area contributed by atoms with Crippen LogP contribution in [0.4, 0.5) is 4.39 Å². The van der Waals surface area contributed by atoms with Crippen LogP contribution in [-0.4, -0.2) is 34.1 Å². The van der Waals surface area contributed by atoms with Crippen molar-refractivity contribution in [3.8, 4) is 10.6 Å². The lowest BCUT2D eigenvalue weighted by Crippen LogP contribution is -2.39. The van der Waals surface area contributed by atoms with Crippen LogP contribution in [0.25, 0.3) is 10.6 Å². The lowest BCUT2D eigenvalue weighted by molar-refractivity contribution is 0.0706. The molecule has 1 unspecified atom stereocenters. The van der Waals surface area contributed by atoms with Crippen molar-refractivity contribution in [2.75, 3.05) is 13.1 Å². The van der Waals surface area contributed by atoms with Gasteiger partial charge in [-0.15, -0.1) is 10.2 Å². The third-order valence-corrected chi connectivity index (χ3v) is 6.10. The zero-order chi connectivity index (χ0) is 18.8. The Labute approximate surface area is 161 Å². The number of hydrogen-bond donors (Lipinski definition) is 0. The second-order valence-electron chi connectivity index (χ2n) is 6.83. The second kappa shape index (κ2) is 7.56. The smallest absolute Gasteiger partial charge is 0.254 e. The quantitative estimate of drug-likeness (QED) is 0.662. The van der Waals surface area contributed by atoms with E-state index in [1.807, 2.05) is 36.1 Å². The Kier molecular flexibility index (Phi) is 4.99. The van der Waals surface area contributed by atoms with Gasteiger partial charge in [-0.05, 0) is 43.5 Å². The predicted octanol–water partition coefficient (Wildman–Crippen LogP) is 4.67. The fourth-order valence-corrected chi connectivity index (χ4v) is 4.49. The molecule has 0 bridgehead atoms. The summed E-state index contributed by atoms with van der Waals surface area (Å²) in [5.41, 5.74) is 2.22. The molecule has 0 N–H and O–H groups in total. The number of likely N-dealkylation sites (tertiary alicyclic amines) is 1. The van der Waals surface area contributed by atoms with E-state index in [1.165, 1.54) is 17.4 Å². The molecule has 1 atom stereocenters. The Bertz CT molecular complexity index is 971. The van der Waals surface area contributed by atoms with Gasteiger partial charge in [-0.1, -0.05) is 41.7 Å². The molecule has 1 aromatic heterocycles. The number of aromatic nitrogens is 2. The molecule has 4 nitrogen and oxygen atoms in total. The maximum Gasteiger partial charge on any atom is 0.254 e. The normalized spacial score (nSPS) is 17.1. The van der Waals surface area contributed by atoms with Gasteiger partial charge in [-0.3, -0.25) is 4.79 Å². The van der Waals surface area contributed by atoms with Gasteiger partial charge < -0.3 is 4.90 Å². The molecule has 2 heterocycles. The number of carbonyl (C=O) groups is 1. The van der Waals surface area contributed by atoms with E-state index >= 15 is 0 Å². The molecule has 4 rings (SSSR count). The van der Waals surface area contributed by atoms with E-state index in [0.717, 1.165) is 35.5 Å². The highest BCUT2D eigenvalue weighted by Crippen LogP contribution is 2.34. The number of nitrogens with zero attached hydrogens (tertiary/aromatic N) is 3. The third kappa shape index (κ3) is 3.62. The van der Waals surface area contributed by atoms with Crippen LogP contribution in [0.15, 0.2) is 48.5 Å². The molecular weight excluding hydrogens is 361 g/mol. The number of piperidine rings is 1. The van der Waals surface area contributed by atoms with Crippen molar-refractivity contribution < 1.29 is 9.18 Å². The first-order chi connectivity index (χ1) is 13.1. The Morgan fingerprint density at radius 1 is 1.15 bits per heavy atom. The largest absolute Gasteiger partial charge is 0.338 e. The molecule has 1 fully saturated rings. The van der Waals surface area contributed by atoms with Crippen LogP contribution in [0.2, 0.25) is 0 Å². The standard InChI is InChI=1S/C21H20FN3OS/c1-14-7-2-3-9-16(14)21(26)25-12-6-8-15(13-25)19-23-24-20(27-19)17-10-4-5-11-18(17)22/h2-5,7,9-11,15H,6,8,12-13H2,1H3. The van der Waals surface area contributed by atoms with Gasteiger partial charge in [-0.2, -0.15) is 0 Å². The molecular formula is C21H20FN3OS. The molecule has 1 amide bonds. The molecule has 138 valence electrons. The molecule has 1 aliphatic heterocycles. The summed E-state index contributed by atoms with van der Waals surface area (Å²) in [5, 5.41) is 9.95. The van der Waals surface area contributed by atoms with Crippen LogP contribution in [0.5, 0.6) is 0 Å². The van der Waals surface area contributed by atoms with E-state index in [1.54, 1.807) is 18.2 Å². The SMILES string of the molecule is Cc1ccccc1C(=O)N1CCCC(c2nnc(-c3ccccc3F)s2)C1. The lowest BCUT2D eigenvalue weighted by Gasteiger charge is -2.32. The van der Waals surface area contributed by atoms with Crippen molar-refractivity contribution in [1.29, 1.82) is 0 Å². The van der Waals surface area contributed by atoms with Gasteiger partial charge in [-0.25, -0.2) is 4.39 Å². The van der Waals surface area contributed by atoms with Gasteiger partial charge in [0.2, 0.25) is 0 Å². The predicted molar refractivity (Wildman–Crippen MR) is 104 cm³/mol. The Hall–Kier alpha value is -2.60. The first-order valence-corrected chi connectivity index (χ1v) is 9.88. The van der Waals surface area contributed by atoms with Crippen LogP contribution < -0.4 is 0 Å². The molecule has 0 spiro atoms. The van der Waals surface area contributed by atoms with Crippen molar-refractivity contribution in [3.63, 3.8) is 0 Å². The second-order valence-corrected chi connectivity index (χ2v) is 7.84. The maximum atomic E-state index is 14.0. The summed E-state index contributed by atoms with van der Waals surface area (Å²) in [6.07, 6.45) is 1.89. The Balaban J connectivity index is 1.53. The summed E-state index contributed by atoms with van der Waals surface area (Å²) < 4.78 is 14.0. The van der Waals surface area contributed by atoms with Crippen LogP contribution >= 0.6 is 11.3 Å². The van der Waals surface area contributed by atoms with E-state index in [9.17, 15) is 9.18 Å². The summed E-state index contributed by atoms with van der Waals surface area (Å²) in [6, 6.07) is 14.3. The molecule has 0 aliphatic carbocycles. The summed E-state index contributed by atoms with van der Waals surface area (Å²) >= 11 is 1.42. The van der Waals surface area contributed by atoms with Gasteiger partial charge >= 0.3 is 0 Å². The van der Waals surface area contributed by atoms with Crippen LogP contribution in [0, 0.1) is 12.7 Å². The minimum absolute atomic E-state index is 0.0663. The average molecular weight is 381 g/mol. The highest BCUT2D eigenvalue weighted by atomic mass is 32.1. The number of aryl methyl sites for hydroxylation is 1. The first kappa shape index (κ1) is 17.8. The molecule has 0 saturated carbocycles. The zero-order valence-electron chi connectivity index (χ0n) is 15.1. The van der Waals surface area contributed by atoms with Gasteiger partial charge in [0.05, 0.1) is 0 Å². The molecule has 2 aromatic carbocycles. The fourth-order valence-electron chi connectivity index (χ4n) is 3.49. The summed E-state index contributed by atoms with van der Waals surface area (Å²) in [5.74, 6) is -0.0819. The van der Waals surface area contributed by atoms with Crippen molar-refractivity contribution in [3.05, 3.63) is 70.5 Å². The van der Waals surface area contributed by atoms with Crippen LogP contribution in [0.3, 0.4) is 0 Å². The van der Waals surface area contributed by atoms with Crippen molar-refractivity contribution in [2.24, 2.45) is 0 Å². The maximum absolute atomic E-state index is 14.0. The molecule has 6 heteroatoms. The topological polar surface area (TPSA) is 46.1 Å². The minimum atomic E-state index is -0.291. The van der Waals surface area contributed by atoms with Crippen molar-refractivity contribution in [1.82, 2.24) is 15.1 Å². The monoisotopic (exact) mass is 381 g/mol. The summed E-state index contributed by atoms with van der Waals surface area (Å²) in [6.45, 7) is 3.34. The fraction of sp³-hybridized carbons (Fsp3) is 0.286. The number of rotatable bonds is 3.